The van der Waals surface area contributed by atoms with Crippen molar-refractivity contribution in [1.29, 1.82) is 0 Å². The fourth-order valence-electron chi connectivity index (χ4n) is 2.66. The van der Waals surface area contributed by atoms with E-state index >= 15 is 0 Å². The molecule has 0 radical (unpaired) electrons. The first kappa shape index (κ1) is 13.1. The van der Waals surface area contributed by atoms with Crippen molar-refractivity contribution < 1.29 is 9.13 Å². The minimum Gasteiger partial charge on any atom is -0.486 e. The second-order valence-electron chi connectivity index (χ2n) is 5.21. The number of benzene rings is 2. The van der Waals surface area contributed by atoms with Gasteiger partial charge in [-0.2, -0.15) is 0 Å². The summed E-state index contributed by atoms with van der Waals surface area (Å²) in [7, 11) is 0. The highest BCUT2D eigenvalue weighted by atomic mass is 19.1. The number of nitrogens with two attached hydrogens (primary N) is 1. The van der Waals surface area contributed by atoms with Crippen LogP contribution >= 0.6 is 0 Å². The van der Waals surface area contributed by atoms with Crippen molar-refractivity contribution in [2.24, 2.45) is 5.73 Å². The minimum atomic E-state index is -0.353. The lowest BCUT2D eigenvalue weighted by Gasteiger charge is -2.09. The number of hydrogen-bond donors (Lipinski definition) is 1. The summed E-state index contributed by atoms with van der Waals surface area (Å²) in [4.78, 5) is 0. The van der Waals surface area contributed by atoms with Gasteiger partial charge in [-0.3, -0.25) is 0 Å². The molecule has 104 valence electrons. The smallest absolute Gasteiger partial charge is 0.165 e. The molecule has 0 aromatic heterocycles. The molecule has 2 nitrogen and oxygen atoms in total. The number of halogens is 1. The first-order valence-electron chi connectivity index (χ1n) is 6.98. The van der Waals surface area contributed by atoms with Crippen molar-refractivity contribution in [3.8, 4) is 5.75 Å². The molecule has 0 bridgehead atoms. The average Bonchev–Trinajstić information content (AvgIpc) is 2.93. The SMILES string of the molecule is NCc1ccc(OCc2ccc3c(c2)CCC3)c(F)c1. The van der Waals surface area contributed by atoms with Gasteiger partial charge in [-0.1, -0.05) is 24.3 Å². The zero-order chi connectivity index (χ0) is 13.9. The molecule has 0 fully saturated rings. The van der Waals surface area contributed by atoms with Crippen LogP contribution < -0.4 is 10.5 Å². The standard InChI is InChI=1S/C17H18FNO/c18-16-9-12(10-19)5-7-17(16)20-11-13-4-6-14-2-1-3-15(14)8-13/h4-9H,1-3,10-11,19H2. The molecule has 2 N–H and O–H groups in total. The van der Waals surface area contributed by atoms with Gasteiger partial charge >= 0.3 is 0 Å². The van der Waals surface area contributed by atoms with Crippen LogP contribution in [0.25, 0.3) is 0 Å². The monoisotopic (exact) mass is 271 g/mol. The largest absolute Gasteiger partial charge is 0.486 e. The third-order valence-electron chi connectivity index (χ3n) is 3.79. The Morgan fingerprint density at radius 1 is 1.00 bits per heavy atom. The Bertz CT molecular complexity index is 624. The minimum absolute atomic E-state index is 0.280. The molecule has 3 heteroatoms. The zero-order valence-corrected chi connectivity index (χ0v) is 11.4. The van der Waals surface area contributed by atoms with E-state index in [4.69, 9.17) is 10.5 Å². The molecule has 2 aromatic rings. The molecule has 0 unspecified atom stereocenters. The van der Waals surface area contributed by atoms with E-state index in [-0.39, 0.29) is 11.6 Å². The van der Waals surface area contributed by atoms with Crippen LogP contribution in [0.5, 0.6) is 5.75 Å². The maximum Gasteiger partial charge on any atom is 0.165 e. The van der Waals surface area contributed by atoms with Gasteiger partial charge in [0.1, 0.15) is 6.61 Å². The van der Waals surface area contributed by atoms with E-state index in [1.807, 2.05) is 0 Å². The van der Waals surface area contributed by atoms with Crippen LogP contribution in [0.3, 0.4) is 0 Å². The van der Waals surface area contributed by atoms with Gasteiger partial charge in [0, 0.05) is 6.54 Å². The lowest BCUT2D eigenvalue weighted by atomic mass is 10.1. The van der Waals surface area contributed by atoms with Crippen LogP contribution in [0, 0.1) is 5.82 Å². The van der Waals surface area contributed by atoms with E-state index in [1.165, 1.54) is 30.0 Å². The fourth-order valence-corrected chi connectivity index (χ4v) is 2.66. The van der Waals surface area contributed by atoms with E-state index in [0.29, 0.717) is 13.2 Å². The number of ether oxygens (including phenoxy) is 1. The van der Waals surface area contributed by atoms with Crippen LogP contribution in [0.1, 0.15) is 28.7 Å². The van der Waals surface area contributed by atoms with E-state index in [1.54, 1.807) is 12.1 Å². The summed E-state index contributed by atoms with van der Waals surface area (Å²) in [5.74, 6) is -0.0724. The summed E-state index contributed by atoms with van der Waals surface area (Å²) in [6, 6.07) is 11.3. The third-order valence-corrected chi connectivity index (χ3v) is 3.79. The van der Waals surface area contributed by atoms with Crippen LogP contribution in [-0.2, 0) is 26.0 Å². The van der Waals surface area contributed by atoms with E-state index in [9.17, 15) is 4.39 Å². The maximum atomic E-state index is 13.8. The Balaban J connectivity index is 1.70. The number of fused-ring (bicyclic) bond motifs is 1. The van der Waals surface area contributed by atoms with Crippen LogP contribution in [0.15, 0.2) is 36.4 Å². The lowest BCUT2D eigenvalue weighted by Crippen LogP contribution is -2.01. The molecule has 3 rings (SSSR count). The van der Waals surface area contributed by atoms with Crippen molar-refractivity contribution in [2.45, 2.75) is 32.4 Å². The molecule has 0 amide bonds. The van der Waals surface area contributed by atoms with E-state index < -0.39 is 0 Å². The van der Waals surface area contributed by atoms with Gasteiger partial charge in [-0.05, 0) is 53.6 Å². The van der Waals surface area contributed by atoms with Crippen LogP contribution in [0.2, 0.25) is 0 Å². The quantitative estimate of drug-likeness (QED) is 0.925. The first-order chi connectivity index (χ1) is 9.76. The Morgan fingerprint density at radius 3 is 2.60 bits per heavy atom. The number of aryl methyl sites for hydroxylation is 2. The number of hydrogen-bond acceptors (Lipinski definition) is 2. The fraction of sp³-hybridized carbons (Fsp3) is 0.294. The Hall–Kier alpha value is -1.87. The highest BCUT2D eigenvalue weighted by Gasteiger charge is 2.11. The molecule has 2 aromatic carbocycles. The second-order valence-corrected chi connectivity index (χ2v) is 5.21. The molecular formula is C17H18FNO. The highest BCUT2D eigenvalue weighted by Crippen LogP contribution is 2.24. The molecule has 1 aliphatic rings. The van der Waals surface area contributed by atoms with Gasteiger partial charge in [0.15, 0.2) is 11.6 Å². The van der Waals surface area contributed by atoms with Crippen LogP contribution in [0.4, 0.5) is 4.39 Å². The molecule has 0 atom stereocenters. The van der Waals surface area contributed by atoms with Crippen molar-refractivity contribution in [1.82, 2.24) is 0 Å². The van der Waals surface area contributed by atoms with E-state index in [2.05, 4.69) is 18.2 Å². The molecular weight excluding hydrogens is 253 g/mol. The predicted octanol–water partition coefficient (Wildman–Crippen LogP) is 3.35. The Kier molecular flexibility index (Phi) is 3.70. The molecule has 0 saturated heterocycles. The summed E-state index contributed by atoms with van der Waals surface area (Å²) in [5, 5.41) is 0. The zero-order valence-electron chi connectivity index (χ0n) is 11.4. The molecule has 0 saturated carbocycles. The third kappa shape index (κ3) is 2.68. The molecule has 0 spiro atoms. The van der Waals surface area contributed by atoms with Crippen molar-refractivity contribution in [3.05, 3.63) is 64.5 Å². The summed E-state index contributed by atoms with van der Waals surface area (Å²) in [6.45, 7) is 0.730. The van der Waals surface area contributed by atoms with Crippen LogP contribution in [-0.4, -0.2) is 0 Å². The van der Waals surface area contributed by atoms with Crippen molar-refractivity contribution >= 4 is 0 Å². The van der Waals surface area contributed by atoms with Gasteiger partial charge in [0.05, 0.1) is 0 Å². The lowest BCUT2D eigenvalue weighted by molar-refractivity contribution is 0.290. The highest BCUT2D eigenvalue weighted by molar-refractivity contribution is 5.35. The normalized spacial score (nSPS) is 13.3. The first-order valence-corrected chi connectivity index (χ1v) is 6.98. The average molecular weight is 271 g/mol. The second kappa shape index (κ2) is 5.63. The predicted molar refractivity (Wildman–Crippen MR) is 77.1 cm³/mol. The van der Waals surface area contributed by atoms with Gasteiger partial charge in [-0.15, -0.1) is 0 Å². The van der Waals surface area contributed by atoms with Gasteiger partial charge in [0.25, 0.3) is 0 Å². The topological polar surface area (TPSA) is 35.2 Å². The molecule has 0 aliphatic heterocycles. The Labute approximate surface area is 118 Å². The molecule has 1 aliphatic carbocycles. The van der Waals surface area contributed by atoms with Gasteiger partial charge in [-0.25, -0.2) is 4.39 Å². The summed E-state index contributed by atoms with van der Waals surface area (Å²) < 4.78 is 19.3. The van der Waals surface area contributed by atoms with Gasteiger partial charge in [0.2, 0.25) is 0 Å². The summed E-state index contributed by atoms with van der Waals surface area (Å²) in [5.41, 5.74) is 10.2. The number of rotatable bonds is 4. The van der Waals surface area contributed by atoms with E-state index in [0.717, 1.165) is 17.5 Å². The summed E-state index contributed by atoms with van der Waals surface area (Å²) >= 11 is 0. The van der Waals surface area contributed by atoms with Gasteiger partial charge < -0.3 is 10.5 Å². The van der Waals surface area contributed by atoms with Crippen molar-refractivity contribution in [2.75, 3.05) is 0 Å². The molecule has 0 heterocycles. The summed E-state index contributed by atoms with van der Waals surface area (Å²) in [6.07, 6.45) is 3.54. The van der Waals surface area contributed by atoms with Crippen molar-refractivity contribution in [3.63, 3.8) is 0 Å². The maximum absolute atomic E-state index is 13.8. The molecule has 20 heavy (non-hydrogen) atoms. The Morgan fingerprint density at radius 2 is 1.80 bits per heavy atom.